The lowest BCUT2D eigenvalue weighted by Gasteiger charge is -2.17. The molecule has 2 heterocycles. The van der Waals surface area contributed by atoms with Crippen LogP contribution >= 0.6 is 23.2 Å². The molecule has 9 heteroatoms. The Hall–Kier alpha value is -3.55. The van der Waals surface area contributed by atoms with Crippen LogP contribution in [-0.4, -0.2) is 39.7 Å². The van der Waals surface area contributed by atoms with Gasteiger partial charge in [-0.25, -0.2) is 4.98 Å². The minimum absolute atomic E-state index is 0.134. The van der Waals surface area contributed by atoms with Crippen LogP contribution < -0.4 is 10.1 Å². The summed E-state index contributed by atoms with van der Waals surface area (Å²) in [7, 11) is 1.56. The quantitative estimate of drug-likeness (QED) is 0.405. The Balaban J connectivity index is 1.35. The number of imidazole rings is 1. The smallest absolute Gasteiger partial charge is 0.254 e. The summed E-state index contributed by atoms with van der Waals surface area (Å²) in [4.78, 5) is 31.0. The van der Waals surface area contributed by atoms with E-state index in [1.165, 1.54) is 4.90 Å². The zero-order valence-electron chi connectivity index (χ0n) is 17.7. The number of amides is 2. The standard InChI is InChI=1S/C24H20Cl2N4O3/c1-29(14-23(31)28-17-8-9-20(25)21(26)12-17)24(32)16-5-4-6-19(11-16)33-15-18-13-30-10-3-2-7-22(30)27-18/h2-13H,14-15H2,1H3,(H,28,31). The van der Waals surface area contributed by atoms with Crippen LogP contribution in [0.1, 0.15) is 16.1 Å². The summed E-state index contributed by atoms with van der Waals surface area (Å²) in [5.41, 5.74) is 2.51. The second kappa shape index (κ2) is 9.94. The Morgan fingerprint density at radius 1 is 1.06 bits per heavy atom. The fraction of sp³-hybridized carbons (Fsp3) is 0.125. The van der Waals surface area contributed by atoms with Crippen LogP contribution in [-0.2, 0) is 11.4 Å². The van der Waals surface area contributed by atoms with E-state index in [1.807, 2.05) is 35.0 Å². The van der Waals surface area contributed by atoms with Crippen molar-refractivity contribution in [2.24, 2.45) is 0 Å². The molecule has 2 amide bonds. The fourth-order valence-corrected chi connectivity index (χ4v) is 3.51. The zero-order valence-corrected chi connectivity index (χ0v) is 19.2. The van der Waals surface area contributed by atoms with Crippen LogP contribution in [0.25, 0.3) is 5.65 Å². The topological polar surface area (TPSA) is 75.9 Å². The number of likely N-dealkylation sites (N-methyl/N-ethyl adjacent to an activating group) is 1. The van der Waals surface area contributed by atoms with Crippen molar-refractivity contribution in [2.75, 3.05) is 18.9 Å². The molecule has 4 aromatic rings. The van der Waals surface area contributed by atoms with Gasteiger partial charge in [0, 0.05) is 30.7 Å². The second-order valence-corrected chi connectivity index (χ2v) is 8.17. The van der Waals surface area contributed by atoms with Gasteiger partial charge in [0.1, 0.15) is 18.0 Å². The van der Waals surface area contributed by atoms with Crippen molar-refractivity contribution in [3.8, 4) is 5.75 Å². The van der Waals surface area contributed by atoms with Gasteiger partial charge in [0.15, 0.2) is 0 Å². The van der Waals surface area contributed by atoms with Crippen molar-refractivity contribution in [2.45, 2.75) is 6.61 Å². The Kier molecular flexibility index (Phi) is 6.82. The Morgan fingerprint density at radius 2 is 1.91 bits per heavy atom. The summed E-state index contributed by atoms with van der Waals surface area (Å²) in [5.74, 6) is -0.132. The molecule has 0 unspecified atom stereocenters. The fourth-order valence-electron chi connectivity index (χ4n) is 3.21. The number of carbonyl (C=O) groups excluding carboxylic acids is 2. The number of ether oxygens (including phenoxy) is 1. The van der Waals surface area contributed by atoms with Gasteiger partial charge in [-0.3, -0.25) is 9.59 Å². The Morgan fingerprint density at radius 3 is 2.70 bits per heavy atom. The molecule has 0 aliphatic carbocycles. The van der Waals surface area contributed by atoms with E-state index >= 15 is 0 Å². The second-order valence-electron chi connectivity index (χ2n) is 7.35. The normalized spacial score (nSPS) is 10.8. The average Bonchev–Trinajstić information content (AvgIpc) is 3.23. The van der Waals surface area contributed by atoms with Gasteiger partial charge in [-0.15, -0.1) is 0 Å². The number of benzene rings is 2. The Labute approximate surface area is 200 Å². The van der Waals surface area contributed by atoms with Gasteiger partial charge in [0.05, 0.1) is 22.3 Å². The summed E-state index contributed by atoms with van der Waals surface area (Å²) in [5, 5.41) is 3.42. The molecule has 0 bridgehead atoms. The number of carbonyl (C=O) groups is 2. The molecule has 2 aromatic heterocycles. The molecule has 0 radical (unpaired) electrons. The van der Waals surface area contributed by atoms with Crippen molar-refractivity contribution in [3.05, 3.63) is 94.4 Å². The summed E-state index contributed by atoms with van der Waals surface area (Å²) in [6.45, 7) is 0.132. The van der Waals surface area contributed by atoms with Crippen LogP contribution in [0.3, 0.4) is 0 Å². The third-order valence-electron chi connectivity index (χ3n) is 4.81. The number of rotatable bonds is 7. The van der Waals surface area contributed by atoms with Crippen molar-refractivity contribution >= 4 is 46.4 Å². The third kappa shape index (κ3) is 5.63. The maximum atomic E-state index is 12.8. The number of pyridine rings is 1. The third-order valence-corrected chi connectivity index (χ3v) is 5.55. The van der Waals surface area contributed by atoms with Crippen molar-refractivity contribution < 1.29 is 14.3 Å². The highest BCUT2D eigenvalue weighted by molar-refractivity contribution is 6.42. The van der Waals surface area contributed by atoms with Crippen molar-refractivity contribution in [1.29, 1.82) is 0 Å². The number of aromatic nitrogens is 2. The van der Waals surface area contributed by atoms with Gasteiger partial charge in [-0.2, -0.15) is 0 Å². The summed E-state index contributed by atoms with van der Waals surface area (Å²) < 4.78 is 7.74. The van der Waals surface area contributed by atoms with Crippen molar-refractivity contribution in [3.63, 3.8) is 0 Å². The number of hydrogen-bond acceptors (Lipinski definition) is 4. The van der Waals surface area contributed by atoms with Crippen molar-refractivity contribution in [1.82, 2.24) is 14.3 Å². The number of anilines is 1. The van der Waals surface area contributed by atoms with Gasteiger partial charge in [0.25, 0.3) is 5.91 Å². The van der Waals surface area contributed by atoms with Crippen LogP contribution in [0.5, 0.6) is 5.75 Å². The largest absolute Gasteiger partial charge is 0.487 e. The number of nitrogens with one attached hydrogen (secondary N) is 1. The molecule has 0 spiro atoms. The van der Waals surface area contributed by atoms with E-state index in [2.05, 4.69) is 10.3 Å². The molecule has 1 N–H and O–H groups in total. The van der Waals surface area contributed by atoms with Crippen LogP contribution in [0.2, 0.25) is 10.0 Å². The maximum Gasteiger partial charge on any atom is 0.254 e. The Bertz CT molecular complexity index is 1290. The molecule has 0 aliphatic rings. The monoisotopic (exact) mass is 482 g/mol. The molecule has 0 saturated heterocycles. The lowest BCUT2D eigenvalue weighted by molar-refractivity contribution is -0.116. The molecular formula is C24H20Cl2N4O3. The molecule has 0 aliphatic heterocycles. The predicted molar refractivity (Wildman–Crippen MR) is 128 cm³/mol. The molecule has 4 rings (SSSR count). The number of nitrogens with zero attached hydrogens (tertiary/aromatic N) is 3. The minimum atomic E-state index is -0.358. The van der Waals surface area contributed by atoms with E-state index in [0.717, 1.165) is 11.3 Å². The predicted octanol–water partition coefficient (Wildman–Crippen LogP) is 4.93. The summed E-state index contributed by atoms with van der Waals surface area (Å²) >= 11 is 11.9. The van der Waals surface area contributed by atoms with E-state index in [9.17, 15) is 9.59 Å². The van der Waals surface area contributed by atoms with Gasteiger partial charge in [0.2, 0.25) is 5.91 Å². The maximum absolute atomic E-state index is 12.8. The van der Waals surface area contributed by atoms with E-state index in [4.69, 9.17) is 27.9 Å². The van der Waals surface area contributed by atoms with Crippen LogP contribution in [0, 0.1) is 0 Å². The van der Waals surface area contributed by atoms with Crippen LogP contribution in [0.4, 0.5) is 5.69 Å². The molecule has 168 valence electrons. The first kappa shape index (κ1) is 22.6. The first-order valence-electron chi connectivity index (χ1n) is 10.0. The summed E-state index contributed by atoms with van der Waals surface area (Å²) in [6.07, 6.45) is 3.81. The van der Waals surface area contributed by atoms with Gasteiger partial charge >= 0.3 is 0 Å². The van der Waals surface area contributed by atoms with E-state index in [1.54, 1.807) is 49.5 Å². The minimum Gasteiger partial charge on any atom is -0.487 e. The number of halogens is 2. The highest BCUT2D eigenvalue weighted by Crippen LogP contribution is 2.25. The summed E-state index contributed by atoms with van der Waals surface area (Å²) in [6, 6.07) is 17.4. The van der Waals surface area contributed by atoms with E-state index in [-0.39, 0.29) is 25.0 Å². The molecule has 0 saturated carbocycles. The average molecular weight is 483 g/mol. The lowest BCUT2D eigenvalue weighted by atomic mass is 10.2. The number of fused-ring (bicyclic) bond motifs is 1. The highest BCUT2D eigenvalue weighted by Gasteiger charge is 2.16. The first-order chi connectivity index (χ1) is 15.9. The molecule has 2 aromatic carbocycles. The highest BCUT2D eigenvalue weighted by atomic mass is 35.5. The van der Waals surface area contributed by atoms with E-state index in [0.29, 0.717) is 27.0 Å². The molecule has 33 heavy (non-hydrogen) atoms. The van der Waals surface area contributed by atoms with E-state index < -0.39 is 0 Å². The van der Waals surface area contributed by atoms with Gasteiger partial charge in [-0.05, 0) is 48.5 Å². The lowest BCUT2D eigenvalue weighted by Crippen LogP contribution is -2.34. The molecule has 0 fully saturated rings. The van der Waals surface area contributed by atoms with Gasteiger partial charge in [-0.1, -0.05) is 35.3 Å². The van der Waals surface area contributed by atoms with Crippen LogP contribution in [0.15, 0.2) is 73.1 Å². The number of hydrogen-bond donors (Lipinski definition) is 1. The molecule has 7 nitrogen and oxygen atoms in total. The SMILES string of the molecule is CN(CC(=O)Nc1ccc(Cl)c(Cl)c1)C(=O)c1cccc(OCc2cn3ccccc3n2)c1. The van der Waals surface area contributed by atoms with Gasteiger partial charge < -0.3 is 19.4 Å². The zero-order chi connectivity index (χ0) is 23.4. The molecule has 0 atom stereocenters. The first-order valence-corrected chi connectivity index (χ1v) is 10.8. The molecular weight excluding hydrogens is 463 g/mol.